The lowest BCUT2D eigenvalue weighted by Crippen LogP contribution is -2.41. The average Bonchev–Trinajstić information content (AvgIpc) is 1.85. The Morgan fingerprint density at radius 1 is 1.33 bits per heavy atom. The van der Waals surface area contributed by atoms with E-state index in [1.54, 1.807) is 0 Å². The minimum absolute atomic E-state index is 0.164. The normalized spacial score (nSPS) is 14.8. The van der Waals surface area contributed by atoms with Crippen LogP contribution in [0.15, 0.2) is 0 Å². The fourth-order valence-electron chi connectivity index (χ4n) is 0.623. The second-order valence-corrected chi connectivity index (χ2v) is 2.28. The van der Waals surface area contributed by atoms with Gasteiger partial charge in [-0.25, -0.2) is 4.79 Å². The van der Waals surface area contributed by atoms with E-state index in [1.807, 2.05) is 0 Å². The van der Waals surface area contributed by atoms with Crippen molar-refractivity contribution in [2.75, 3.05) is 0 Å². The van der Waals surface area contributed by atoms with Gasteiger partial charge in [0.25, 0.3) is 0 Å². The van der Waals surface area contributed by atoms with Gasteiger partial charge in [0.05, 0.1) is 6.42 Å². The molecule has 3 N–H and O–H groups in total. The van der Waals surface area contributed by atoms with Gasteiger partial charge in [-0.3, -0.25) is 4.79 Å². The third-order valence-corrected chi connectivity index (χ3v) is 1.26. The van der Waals surface area contributed by atoms with Crippen molar-refractivity contribution in [1.82, 2.24) is 0 Å². The lowest BCUT2D eigenvalue weighted by molar-refractivity contribution is -0.166. The van der Waals surface area contributed by atoms with E-state index >= 15 is 0 Å². The molecule has 0 aliphatic rings. The first kappa shape index (κ1) is 10.6. The predicted octanol–water partition coefficient (Wildman–Crippen LogP) is -1.13. The van der Waals surface area contributed by atoms with Crippen molar-refractivity contribution in [2.45, 2.75) is 18.4 Å². The first-order chi connectivity index (χ1) is 5.42. The van der Waals surface area contributed by atoms with Crippen LogP contribution in [0.5, 0.6) is 0 Å². The van der Waals surface area contributed by atoms with E-state index in [1.165, 1.54) is 0 Å². The number of hydrogen-bond donors (Lipinski definition) is 3. The first-order valence-corrected chi connectivity index (χ1v) is 3.03. The van der Waals surface area contributed by atoms with Crippen LogP contribution < -0.4 is 0 Å². The standard InChI is InChI=1S/C6H8O6/c7-2-1-6(12,5(10)11)3-4(8)9/h2,12H,1,3H2,(H,8,9)(H,10,11). The Morgan fingerprint density at radius 2 is 1.83 bits per heavy atom. The summed E-state index contributed by atoms with van der Waals surface area (Å²) in [5, 5.41) is 25.6. The maximum absolute atomic E-state index is 10.3. The molecule has 1 unspecified atom stereocenters. The highest BCUT2D eigenvalue weighted by molar-refractivity contribution is 5.86. The maximum Gasteiger partial charge on any atom is 0.336 e. The number of carbonyl (C=O) groups excluding carboxylic acids is 1. The summed E-state index contributed by atoms with van der Waals surface area (Å²) in [6, 6.07) is 0. The second-order valence-electron chi connectivity index (χ2n) is 2.28. The number of carboxylic acids is 2. The summed E-state index contributed by atoms with van der Waals surface area (Å²) in [4.78, 5) is 30.2. The van der Waals surface area contributed by atoms with Gasteiger partial charge in [-0.05, 0) is 0 Å². The number of carbonyl (C=O) groups is 3. The van der Waals surface area contributed by atoms with Crippen molar-refractivity contribution in [2.24, 2.45) is 0 Å². The first-order valence-electron chi connectivity index (χ1n) is 3.03. The number of rotatable bonds is 5. The fourth-order valence-corrected chi connectivity index (χ4v) is 0.623. The van der Waals surface area contributed by atoms with Crippen LogP contribution in [-0.4, -0.2) is 39.1 Å². The zero-order valence-corrected chi connectivity index (χ0v) is 6.06. The Morgan fingerprint density at radius 3 is 2.08 bits per heavy atom. The van der Waals surface area contributed by atoms with Crippen molar-refractivity contribution in [3.8, 4) is 0 Å². The molecular weight excluding hydrogens is 168 g/mol. The van der Waals surface area contributed by atoms with E-state index in [0.29, 0.717) is 0 Å². The molecular formula is C6H8O6. The van der Waals surface area contributed by atoms with Crippen LogP contribution in [0.25, 0.3) is 0 Å². The Labute approximate surface area is 67.4 Å². The van der Waals surface area contributed by atoms with E-state index in [0.717, 1.165) is 0 Å². The largest absolute Gasteiger partial charge is 0.481 e. The number of hydrogen-bond acceptors (Lipinski definition) is 4. The van der Waals surface area contributed by atoms with Gasteiger partial charge in [0.2, 0.25) is 0 Å². The van der Waals surface area contributed by atoms with Gasteiger partial charge >= 0.3 is 11.9 Å². The lowest BCUT2D eigenvalue weighted by atomic mass is 9.97. The fraction of sp³-hybridized carbons (Fsp3) is 0.500. The third-order valence-electron chi connectivity index (χ3n) is 1.26. The van der Waals surface area contributed by atoms with E-state index in [4.69, 9.17) is 15.3 Å². The van der Waals surface area contributed by atoms with E-state index < -0.39 is 30.4 Å². The van der Waals surface area contributed by atoms with E-state index in [9.17, 15) is 14.4 Å². The molecule has 0 saturated heterocycles. The smallest absolute Gasteiger partial charge is 0.336 e. The minimum atomic E-state index is -2.48. The molecule has 0 spiro atoms. The molecule has 6 nitrogen and oxygen atoms in total. The predicted molar refractivity (Wildman–Crippen MR) is 35.5 cm³/mol. The monoisotopic (exact) mass is 176 g/mol. The molecule has 0 aliphatic heterocycles. The summed E-state index contributed by atoms with van der Waals surface area (Å²) in [7, 11) is 0. The zero-order valence-electron chi connectivity index (χ0n) is 6.06. The molecule has 12 heavy (non-hydrogen) atoms. The van der Waals surface area contributed by atoms with Crippen LogP contribution in [0.2, 0.25) is 0 Å². The van der Waals surface area contributed by atoms with Crippen LogP contribution in [0, 0.1) is 0 Å². The molecule has 0 bridgehead atoms. The van der Waals surface area contributed by atoms with Crippen molar-refractivity contribution >= 4 is 18.2 Å². The van der Waals surface area contributed by atoms with E-state index in [2.05, 4.69) is 0 Å². The Hall–Kier alpha value is -1.43. The molecule has 0 aliphatic carbocycles. The van der Waals surface area contributed by atoms with Crippen molar-refractivity contribution < 1.29 is 29.7 Å². The molecule has 1 atom stereocenters. The van der Waals surface area contributed by atoms with Gasteiger partial charge in [-0.1, -0.05) is 0 Å². The van der Waals surface area contributed by atoms with Crippen molar-refractivity contribution in [1.29, 1.82) is 0 Å². The average molecular weight is 176 g/mol. The molecule has 0 aromatic rings. The van der Waals surface area contributed by atoms with Gasteiger partial charge < -0.3 is 20.1 Å². The van der Waals surface area contributed by atoms with Crippen molar-refractivity contribution in [3.05, 3.63) is 0 Å². The van der Waals surface area contributed by atoms with Crippen LogP contribution >= 0.6 is 0 Å². The van der Waals surface area contributed by atoms with Crippen LogP contribution in [0.4, 0.5) is 0 Å². The van der Waals surface area contributed by atoms with Gasteiger partial charge in [-0.2, -0.15) is 0 Å². The molecule has 0 rings (SSSR count). The number of carboxylic acid groups (broad SMARTS) is 2. The molecule has 0 saturated carbocycles. The summed E-state index contributed by atoms with van der Waals surface area (Å²) >= 11 is 0. The molecule has 0 aromatic carbocycles. The molecule has 0 radical (unpaired) electrons. The molecule has 68 valence electrons. The molecule has 0 heterocycles. The molecule has 0 amide bonds. The Balaban J connectivity index is 4.49. The minimum Gasteiger partial charge on any atom is -0.481 e. The summed E-state index contributed by atoms with van der Waals surface area (Å²) in [5.41, 5.74) is -2.48. The Kier molecular flexibility index (Phi) is 3.36. The molecule has 6 heteroatoms. The topological polar surface area (TPSA) is 112 Å². The highest BCUT2D eigenvalue weighted by atomic mass is 16.4. The molecule has 0 fully saturated rings. The van der Waals surface area contributed by atoms with Gasteiger partial charge in [0.1, 0.15) is 6.29 Å². The maximum atomic E-state index is 10.3. The number of aliphatic hydroxyl groups is 1. The quantitative estimate of drug-likeness (QED) is 0.457. The van der Waals surface area contributed by atoms with Crippen LogP contribution in [0.3, 0.4) is 0 Å². The SMILES string of the molecule is O=CCC(O)(CC(=O)O)C(=O)O. The third kappa shape index (κ3) is 2.67. The zero-order chi connectivity index (χ0) is 9.78. The highest BCUT2D eigenvalue weighted by Gasteiger charge is 2.37. The Bertz CT molecular complexity index is 210. The van der Waals surface area contributed by atoms with Gasteiger partial charge in [-0.15, -0.1) is 0 Å². The van der Waals surface area contributed by atoms with Crippen LogP contribution in [-0.2, 0) is 14.4 Å². The summed E-state index contributed by atoms with van der Waals surface area (Å²) < 4.78 is 0. The summed E-state index contributed by atoms with van der Waals surface area (Å²) in [6.07, 6.45) is -1.55. The van der Waals surface area contributed by atoms with E-state index in [-0.39, 0.29) is 6.29 Å². The summed E-state index contributed by atoms with van der Waals surface area (Å²) in [6.45, 7) is 0. The number of aliphatic carboxylic acids is 2. The number of aldehydes is 1. The molecule has 0 aromatic heterocycles. The van der Waals surface area contributed by atoms with Gasteiger partial charge in [0.15, 0.2) is 5.60 Å². The second kappa shape index (κ2) is 3.82. The lowest BCUT2D eigenvalue weighted by Gasteiger charge is -2.17. The highest BCUT2D eigenvalue weighted by Crippen LogP contribution is 2.13. The summed E-state index contributed by atoms with van der Waals surface area (Å²) in [5.74, 6) is -3.18. The van der Waals surface area contributed by atoms with Gasteiger partial charge in [0, 0.05) is 6.42 Å². The van der Waals surface area contributed by atoms with Crippen LogP contribution in [0.1, 0.15) is 12.8 Å². The van der Waals surface area contributed by atoms with Crippen molar-refractivity contribution in [3.63, 3.8) is 0 Å².